The summed E-state index contributed by atoms with van der Waals surface area (Å²) in [5, 5.41) is 3.63. The Hall–Kier alpha value is -0.810. The first kappa shape index (κ1) is 18.5. The first-order valence-electron chi connectivity index (χ1n) is 9.15. The molecule has 0 bridgehead atoms. The van der Waals surface area contributed by atoms with Gasteiger partial charge in [-0.1, -0.05) is 0 Å². The van der Waals surface area contributed by atoms with E-state index in [4.69, 9.17) is 9.47 Å². The van der Waals surface area contributed by atoms with Crippen LogP contribution in [0.5, 0.6) is 0 Å². The van der Waals surface area contributed by atoms with Crippen LogP contribution >= 0.6 is 0 Å². The van der Waals surface area contributed by atoms with Crippen LogP contribution in [0, 0.1) is 0 Å². The second-order valence-electron chi connectivity index (χ2n) is 7.93. The maximum atomic E-state index is 12.3. The summed E-state index contributed by atoms with van der Waals surface area (Å²) in [6.45, 7) is 7.51. The quantitative estimate of drug-likeness (QED) is 0.729. The number of methoxy groups -OCH3 is 1. The Morgan fingerprint density at radius 2 is 1.96 bits per heavy atom. The Kier molecular flexibility index (Phi) is 6.72. The van der Waals surface area contributed by atoms with E-state index in [0.29, 0.717) is 18.2 Å². The van der Waals surface area contributed by atoms with E-state index < -0.39 is 5.60 Å². The summed E-state index contributed by atoms with van der Waals surface area (Å²) in [6, 6.07) is 0.960. The molecule has 2 rings (SSSR count). The molecule has 2 saturated carbocycles. The van der Waals surface area contributed by atoms with Crippen molar-refractivity contribution < 1.29 is 14.3 Å². The Morgan fingerprint density at radius 1 is 1.22 bits per heavy atom. The molecular formula is C18H34N2O3. The maximum Gasteiger partial charge on any atom is 0.410 e. The van der Waals surface area contributed by atoms with E-state index in [1.807, 2.05) is 25.7 Å². The van der Waals surface area contributed by atoms with Gasteiger partial charge >= 0.3 is 6.09 Å². The number of hydrogen-bond acceptors (Lipinski definition) is 4. The zero-order valence-corrected chi connectivity index (χ0v) is 15.3. The summed E-state index contributed by atoms with van der Waals surface area (Å²) in [6.07, 6.45) is 8.22. The van der Waals surface area contributed by atoms with Crippen LogP contribution in [0.3, 0.4) is 0 Å². The Morgan fingerprint density at radius 3 is 2.57 bits per heavy atom. The van der Waals surface area contributed by atoms with Gasteiger partial charge < -0.3 is 19.7 Å². The van der Waals surface area contributed by atoms with Crippen LogP contribution < -0.4 is 5.32 Å². The molecule has 0 spiro atoms. The summed E-state index contributed by atoms with van der Waals surface area (Å²) in [5.41, 5.74) is -0.417. The van der Waals surface area contributed by atoms with Crippen molar-refractivity contribution >= 4 is 6.09 Å². The average molecular weight is 326 g/mol. The van der Waals surface area contributed by atoms with Crippen molar-refractivity contribution in [1.29, 1.82) is 0 Å². The second-order valence-corrected chi connectivity index (χ2v) is 7.93. The first-order valence-corrected chi connectivity index (χ1v) is 9.15. The van der Waals surface area contributed by atoms with Crippen LogP contribution in [0.25, 0.3) is 0 Å². The molecule has 0 saturated heterocycles. The van der Waals surface area contributed by atoms with Crippen LogP contribution in [-0.4, -0.2) is 55.0 Å². The fourth-order valence-corrected chi connectivity index (χ4v) is 3.23. The molecule has 0 aliphatic heterocycles. The summed E-state index contributed by atoms with van der Waals surface area (Å²) < 4.78 is 11.0. The predicted octanol–water partition coefficient (Wildman–Crippen LogP) is 3.32. The number of carbonyl (C=O) groups excluding carboxylic acids is 1. The molecule has 1 amide bonds. The van der Waals surface area contributed by atoms with Crippen molar-refractivity contribution in [3.05, 3.63) is 0 Å². The van der Waals surface area contributed by atoms with Gasteiger partial charge in [0.05, 0.1) is 6.10 Å². The van der Waals surface area contributed by atoms with Gasteiger partial charge in [0, 0.05) is 25.7 Å². The lowest BCUT2D eigenvalue weighted by atomic mass is 9.93. The molecule has 134 valence electrons. The summed E-state index contributed by atoms with van der Waals surface area (Å²) >= 11 is 0. The third-order valence-corrected chi connectivity index (χ3v) is 4.58. The minimum Gasteiger partial charge on any atom is -0.444 e. The Balaban J connectivity index is 1.67. The lowest BCUT2D eigenvalue weighted by Crippen LogP contribution is -2.41. The minimum absolute atomic E-state index is 0.155. The SMILES string of the molecule is COC1CCCC(NCCCN(C(=O)OC(C)(C)C)C2CC2)C1. The van der Waals surface area contributed by atoms with Gasteiger partial charge in [0.1, 0.15) is 5.60 Å². The van der Waals surface area contributed by atoms with Gasteiger partial charge in [-0.15, -0.1) is 0 Å². The van der Waals surface area contributed by atoms with Gasteiger partial charge in [0.15, 0.2) is 0 Å². The van der Waals surface area contributed by atoms with E-state index in [0.717, 1.165) is 38.8 Å². The van der Waals surface area contributed by atoms with Gasteiger partial charge in [-0.05, 0) is 72.3 Å². The lowest BCUT2D eigenvalue weighted by Gasteiger charge is -2.30. The molecule has 2 aliphatic carbocycles. The topological polar surface area (TPSA) is 50.8 Å². The van der Waals surface area contributed by atoms with E-state index in [9.17, 15) is 4.79 Å². The van der Waals surface area contributed by atoms with Crippen molar-refractivity contribution in [3.8, 4) is 0 Å². The van der Waals surface area contributed by atoms with Crippen molar-refractivity contribution in [2.24, 2.45) is 0 Å². The Labute approximate surface area is 141 Å². The highest BCUT2D eigenvalue weighted by Gasteiger charge is 2.34. The number of nitrogens with zero attached hydrogens (tertiary/aromatic N) is 1. The molecule has 2 aliphatic rings. The zero-order chi connectivity index (χ0) is 16.9. The maximum absolute atomic E-state index is 12.3. The average Bonchev–Trinajstić information content (AvgIpc) is 3.30. The number of ether oxygens (including phenoxy) is 2. The molecule has 0 heterocycles. The summed E-state index contributed by atoms with van der Waals surface area (Å²) in [4.78, 5) is 14.2. The smallest absolute Gasteiger partial charge is 0.410 e. The van der Waals surface area contributed by atoms with Crippen LogP contribution in [0.15, 0.2) is 0 Å². The third kappa shape index (κ3) is 6.68. The largest absolute Gasteiger partial charge is 0.444 e. The lowest BCUT2D eigenvalue weighted by molar-refractivity contribution is 0.0230. The molecule has 5 nitrogen and oxygen atoms in total. The minimum atomic E-state index is -0.417. The van der Waals surface area contributed by atoms with E-state index in [1.165, 1.54) is 19.3 Å². The summed E-state index contributed by atoms with van der Waals surface area (Å²) in [5.74, 6) is 0. The van der Waals surface area contributed by atoms with E-state index in [-0.39, 0.29) is 6.09 Å². The van der Waals surface area contributed by atoms with E-state index in [1.54, 1.807) is 7.11 Å². The van der Waals surface area contributed by atoms with E-state index >= 15 is 0 Å². The van der Waals surface area contributed by atoms with Crippen molar-refractivity contribution in [3.63, 3.8) is 0 Å². The van der Waals surface area contributed by atoms with Crippen molar-refractivity contribution in [2.75, 3.05) is 20.2 Å². The molecule has 2 unspecified atom stereocenters. The molecule has 1 N–H and O–H groups in total. The number of nitrogens with one attached hydrogen (secondary N) is 1. The van der Waals surface area contributed by atoms with Gasteiger partial charge in [-0.3, -0.25) is 0 Å². The van der Waals surface area contributed by atoms with Gasteiger partial charge in [-0.25, -0.2) is 4.79 Å². The molecule has 0 aromatic heterocycles. The van der Waals surface area contributed by atoms with E-state index in [2.05, 4.69) is 5.32 Å². The molecule has 0 aromatic carbocycles. The number of carbonyl (C=O) groups is 1. The summed E-state index contributed by atoms with van der Waals surface area (Å²) in [7, 11) is 1.81. The highest BCUT2D eigenvalue weighted by Crippen LogP contribution is 2.28. The van der Waals surface area contributed by atoms with Crippen LogP contribution in [0.1, 0.15) is 65.7 Å². The normalized spacial score (nSPS) is 25.2. The molecule has 23 heavy (non-hydrogen) atoms. The molecule has 2 fully saturated rings. The predicted molar refractivity (Wildman–Crippen MR) is 91.6 cm³/mol. The highest BCUT2D eigenvalue weighted by atomic mass is 16.6. The molecular weight excluding hydrogens is 292 g/mol. The first-order chi connectivity index (χ1) is 10.9. The van der Waals surface area contributed by atoms with Gasteiger partial charge in [0.2, 0.25) is 0 Å². The monoisotopic (exact) mass is 326 g/mol. The van der Waals surface area contributed by atoms with Gasteiger partial charge in [-0.2, -0.15) is 0 Å². The molecule has 5 heteroatoms. The standard InChI is InChI=1S/C18H34N2O3/c1-18(2,3)23-17(21)20(15-9-10-15)12-6-11-19-14-7-5-8-16(13-14)22-4/h14-16,19H,5-13H2,1-4H3. The molecule has 2 atom stereocenters. The molecule has 0 aromatic rings. The fraction of sp³-hybridized carbons (Fsp3) is 0.944. The zero-order valence-electron chi connectivity index (χ0n) is 15.3. The third-order valence-electron chi connectivity index (χ3n) is 4.58. The van der Waals surface area contributed by atoms with Crippen molar-refractivity contribution in [2.45, 2.75) is 89.5 Å². The Bertz CT molecular complexity index is 377. The second kappa shape index (κ2) is 8.34. The molecule has 0 radical (unpaired) electrons. The van der Waals surface area contributed by atoms with Gasteiger partial charge in [0.25, 0.3) is 0 Å². The number of amides is 1. The highest BCUT2D eigenvalue weighted by molar-refractivity contribution is 5.69. The van der Waals surface area contributed by atoms with Crippen molar-refractivity contribution in [1.82, 2.24) is 10.2 Å². The van der Waals surface area contributed by atoms with Crippen LogP contribution in [0.4, 0.5) is 4.79 Å². The fourth-order valence-electron chi connectivity index (χ4n) is 3.23. The van der Waals surface area contributed by atoms with Crippen LogP contribution in [0.2, 0.25) is 0 Å². The number of rotatable bonds is 7. The number of hydrogen-bond donors (Lipinski definition) is 1. The van der Waals surface area contributed by atoms with Crippen LogP contribution in [-0.2, 0) is 9.47 Å².